The third kappa shape index (κ3) is 6.26. The van der Waals surface area contributed by atoms with Crippen LogP contribution < -0.4 is 20.1 Å². The highest BCUT2D eigenvalue weighted by molar-refractivity contribution is 6.32. The average molecular weight is 431 g/mol. The van der Waals surface area contributed by atoms with Gasteiger partial charge >= 0.3 is 0 Å². The highest BCUT2D eigenvalue weighted by Crippen LogP contribution is 2.36. The quantitative estimate of drug-likeness (QED) is 0.557. The molecule has 6 nitrogen and oxygen atoms in total. The van der Waals surface area contributed by atoms with Gasteiger partial charge in [0.2, 0.25) is 5.91 Å². The van der Waals surface area contributed by atoms with E-state index in [1.54, 1.807) is 36.4 Å². The molecule has 2 rings (SSSR count). The number of ether oxygens (including phenoxy) is 2. The minimum Gasteiger partial charge on any atom is -0.493 e. The Morgan fingerprint density at radius 1 is 1.17 bits per heavy atom. The lowest BCUT2D eigenvalue weighted by Crippen LogP contribution is -2.23. The van der Waals surface area contributed by atoms with E-state index in [-0.39, 0.29) is 11.8 Å². The smallest absolute Gasteiger partial charge is 0.251 e. The van der Waals surface area contributed by atoms with E-state index in [0.29, 0.717) is 46.5 Å². The molecule has 0 bridgehead atoms. The van der Waals surface area contributed by atoms with Gasteiger partial charge < -0.3 is 20.1 Å². The normalized spacial score (nSPS) is 10.7. The topological polar surface area (TPSA) is 76.7 Å². The highest BCUT2D eigenvalue weighted by atomic mass is 35.5. The van der Waals surface area contributed by atoms with Gasteiger partial charge in [0.05, 0.1) is 18.7 Å². The molecule has 0 aliphatic rings. The summed E-state index contributed by atoms with van der Waals surface area (Å²) in [5.74, 6) is 0.477. The molecule has 160 valence electrons. The van der Waals surface area contributed by atoms with Crippen molar-refractivity contribution in [2.45, 2.75) is 27.2 Å². The number of hydrogen-bond donors (Lipinski definition) is 2. The Hall–Kier alpha value is -2.99. The first-order chi connectivity index (χ1) is 14.4. The summed E-state index contributed by atoms with van der Waals surface area (Å²) < 4.78 is 11.0. The summed E-state index contributed by atoms with van der Waals surface area (Å²) in [6.07, 6.45) is 3.88. The standard InChI is InChI=1S/C23H27ClN2O4/c1-5-11-30-22-18(24)12-16(13-20(22)29-4)8-10-21(27)26-19-14-17(9-7-15(19)3)23(28)25-6-2/h7-10,12-14H,5-6,11H2,1-4H3,(H,25,28)(H,26,27)/b10-8+. The fraction of sp³-hybridized carbons (Fsp3) is 0.304. The molecule has 0 aliphatic heterocycles. The molecular weight excluding hydrogens is 404 g/mol. The van der Waals surface area contributed by atoms with Gasteiger partial charge in [0.15, 0.2) is 11.5 Å². The van der Waals surface area contributed by atoms with E-state index >= 15 is 0 Å². The van der Waals surface area contributed by atoms with Crippen LogP contribution in [0.5, 0.6) is 11.5 Å². The van der Waals surface area contributed by atoms with E-state index in [0.717, 1.165) is 12.0 Å². The van der Waals surface area contributed by atoms with Crippen molar-refractivity contribution >= 4 is 35.2 Å². The van der Waals surface area contributed by atoms with Gasteiger partial charge in [0.1, 0.15) is 0 Å². The predicted octanol–water partition coefficient (Wildman–Crippen LogP) is 4.85. The molecule has 30 heavy (non-hydrogen) atoms. The first-order valence-electron chi connectivity index (χ1n) is 9.77. The fourth-order valence-electron chi connectivity index (χ4n) is 2.69. The van der Waals surface area contributed by atoms with Gasteiger partial charge in [-0.3, -0.25) is 9.59 Å². The summed E-state index contributed by atoms with van der Waals surface area (Å²) in [5, 5.41) is 5.96. The molecule has 0 saturated heterocycles. The van der Waals surface area contributed by atoms with Crippen LogP contribution in [0.1, 0.15) is 41.8 Å². The van der Waals surface area contributed by atoms with Crippen molar-refractivity contribution < 1.29 is 19.1 Å². The molecule has 0 fully saturated rings. The first kappa shape index (κ1) is 23.3. The molecule has 0 aliphatic carbocycles. The zero-order chi connectivity index (χ0) is 22.1. The molecule has 2 aromatic carbocycles. The zero-order valence-corrected chi connectivity index (χ0v) is 18.4. The Bertz CT molecular complexity index is 941. The number of carbonyl (C=O) groups excluding carboxylic acids is 2. The summed E-state index contributed by atoms with van der Waals surface area (Å²) in [6, 6.07) is 8.64. The lowest BCUT2D eigenvalue weighted by atomic mass is 10.1. The molecule has 0 unspecified atom stereocenters. The number of halogens is 1. The van der Waals surface area contributed by atoms with Crippen molar-refractivity contribution in [3.05, 3.63) is 58.1 Å². The largest absolute Gasteiger partial charge is 0.493 e. The number of benzene rings is 2. The number of carbonyl (C=O) groups is 2. The van der Waals surface area contributed by atoms with Crippen LogP contribution in [0.2, 0.25) is 5.02 Å². The molecule has 0 spiro atoms. The first-order valence-corrected chi connectivity index (χ1v) is 10.2. The molecule has 2 N–H and O–H groups in total. The summed E-state index contributed by atoms with van der Waals surface area (Å²) in [5.41, 5.74) is 2.61. The van der Waals surface area contributed by atoms with Crippen LogP contribution in [0.4, 0.5) is 5.69 Å². The van der Waals surface area contributed by atoms with E-state index in [1.165, 1.54) is 13.2 Å². The molecule has 2 amide bonds. The average Bonchev–Trinajstić information content (AvgIpc) is 2.72. The fourth-order valence-corrected chi connectivity index (χ4v) is 2.96. The summed E-state index contributed by atoms with van der Waals surface area (Å²) in [4.78, 5) is 24.4. The third-order valence-corrected chi connectivity index (χ3v) is 4.51. The number of anilines is 1. The number of aryl methyl sites for hydroxylation is 1. The lowest BCUT2D eigenvalue weighted by molar-refractivity contribution is -0.111. The van der Waals surface area contributed by atoms with Crippen LogP contribution in [0.3, 0.4) is 0 Å². The van der Waals surface area contributed by atoms with Crippen LogP contribution in [-0.2, 0) is 4.79 Å². The third-order valence-electron chi connectivity index (χ3n) is 4.22. The maximum Gasteiger partial charge on any atom is 0.251 e. The van der Waals surface area contributed by atoms with Gasteiger partial charge in [-0.05, 0) is 61.7 Å². The van der Waals surface area contributed by atoms with Crippen molar-refractivity contribution in [2.75, 3.05) is 25.6 Å². The second-order valence-corrected chi connectivity index (χ2v) is 7.00. The second-order valence-electron chi connectivity index (χ2n) is 6.59. The van der Waals surface area contributed by atoms with Crippen LogP contribution >= 0.6 is 11.6 Å². The van der Waals surface area contributed by atoms with Crippen LogP contribution in [0.25, 0.3) is 6.08 Å². The van der Waals surface area contributed by atoms with Gasteiger partial charge in [-0.25, -0.2) is 0 Å². The Labute approximate surface area is 182 Å². The van der Waals surface area contributed by atoms with Crippen LogP contribution in [0, 0.1) is 6.92 Å². The van der Waals surface area contributed by atoms with Gasteiger partial charge in [-0.15, -0.1) is 0 Å². The summed E-state index contributed by atoms with van der Waals surface area (Å²) in [6.45, 7) is 6.78. The minimum absolute atomic E-state index is 0.185. The molecule has 0 atom stereocenters. The molecule has 2 aromatic rings. The van der Waals surface area contributed by atoms with Crippen molar-refractivity contribution in [1.29, 1.82) is 0 Å². The number of methoxy groups -OCH3 is 1. The lowest BCUT2D eigenvalue weighted by Gasteiger charge is -2.12. The molecule has 0 saturated carbocycles. The maximum atomic E-state index is 12.4. The van der Waals surface area contributed by atoms with Crippen molar-refractivity contribution in [2.24, 2.45) is 0 Å². The van der Waals surface area contributed by atoms with Gasteiger partial charge in [0, 0.05) is 23.9 Å². The van der Waals surface area contributed by atoms with Gasteiger partial charge in [-0.1, -0.05) is 24.6 Å². The number of amides is 2. The van der Waals surface area contributed by atoms with Gasteiger partial charge in [-0.2, -0.15) is 0 Å². The number of nitrogens with one attached hydrogen (secondary N) is 2. The van der Waals surface area contributed by atoms with E-state index in [1.807, 2.05) is 20.8 Å². The van der Waals surface area contributed by atoms with Crippen LogP contribution in [-0.4, -0.2) is 32.1 Å². The molecule has 0 radical (unpaired) electrons. The Kier molecular flexibility index (Phi) is 8.74. The van der Waals surface area contributed by atoms with E-state index in [9.17, 15) is 9.59 Å². The molecule has 0 aromatic heterocycles. The van der Waals surface area contributed by atoms with Gasteiger partial charge in [0.25, 0.3) is 5.91 Å². The maximum absolute atomic E-state index is 12.4. The van der Waals surface area contributed by atoms with Crippen LogP contribution in [0.15, 0.2) is 36.4 Å². The zero-order valence-electron chi connectivity index (χ0n) is 17.7. The predicted molar refractivity (Wildman–Crippen MR) is 121 cm³/mol. The Balaban J connectivity index is 2.16. The van der Waals surface area contributed by atoms with E-state index in [4.69, 9.17) is 21.1 Å². The summed E-state index contributed by atoms with van der Waals surface area (Å²) in [7, 11) is 1.54. The molecule has 7 heteroatoms. The van der Waals surface area contributed by atoms with E-state index < -0.39 is 0 Å². The van der Waals surface area contributed by atoms with Crippen molar-refractivity contribution in [3.8, 4) is 11.5 Å². The van der Waals surface area contributed by atoms with E-state index in [2.05, 4.69) is 10.6 Å². The Morgan fingerprint density at radius 2 is 1.93 bits per heavy atom. The van der Waals surface area contributed by atoms with Crippen molar-refractivity contribution in [1.82, 2.24) is 5.32 Å². The molecular formula is C23H27ClN2O4. The highest BCUT2D eigenvalue weighted by Gasteiger charge is 2.12. The second kappa shape index (κ2) is 11.3. The van der Waals surface area contributed by atoms with Crippen molar-refractivity contribution in [3.63, 3.8) is 0 Å². The Morgan fingerprint density at radius 3 is 2.60 bits per heavy atom. The molecule has 0 heterocycles. The SMILES string of the molecule is CCCOc1c(Cl)cc(/C=C/C(=O)Nc2cc(C(=O)NCC)ccc2C)cc1OC. The number of rotatable bonds is 9. The number of hydrogen-bond acceptors (Lipinski definition) is 4. The monoisotopic (exact) mass is 430 g/mol. The minimum atomic E-state index is -0.326. The summed E-state index contributed by atoms with van der Waals surface area (Å²) >= 11 is 6.31.